The number of alkyl halides is 3. The van der Waals surface area contributed by atoms with Gasteiger partial charge in [-0.15, -0.1) is 0 Å². The minimum atomic E-state index is -4.42. The summed E-state index contributed by atoms with van der Waals surface area (Å²) in [5.74, 6) is -0.155. The number of carbonyl (C=O) groups excluding carboxylic acids is 1. The molecule has 0 spiro atoms. The highest BCUT2D eigenvalue weighted by Crippen LogP contribution is 2.29. The van der Waals surface area contributed by atoms with Crippen molar-refractivity contribution >= 4 is 17.5 Å². The van der Waals surface area contributed by atoms with E-state index in [0.29, 0.717) is 16.3 Å². The van der Waals surface area contributed by atoms with Gasteiger partial charge in [0.15, 0.2) is 0 Å². The normalized spacial score (nSPS) is 11.2. The maximum atomic E-state index is 12.7. The summed E-state index contributed by atoms with van der Waals surface area (Å²) in [5.41, 5.74) is -0.203. The smallest absolute Gasteiger partial charge is 0.416 e. The number of hydrogen-bond donors (Lipinski definition) is 1. The molecule has 0 aromatic heterocycles. The molecule has 3 nitrogen and oxygen atoms in total. The van der Waals surface area contributed by atoms with E-state index in [1.807, 2.05) is 0 Å². The summed E-state index contributed by atoms with van der Waals surface area (Å²) >= 11 is 5.85. The van der Waals surface area contributed by atoms with Gasteiger partial charge in [0, 0.05) is 11.6 Å². The molecule has 2 aromatic rings. The van der Waals surface area contributed by atoms with Gasteiger partial charge in [0.1, 0.15) is 5.75 Å². The molecule has 0 saturated carbocycles. The summed E-state index contributed by atoms with van der Waals surface area (Å²) in [6, 6.07) is 9.32. The summed E-state index contributed by atoms with van der Waals surface area (Å²) in [5, 5.41) is 2.91. The van der Waals surface area contributed by atoms with Gasteiger partial charge in [-0.05, 0) is 35.9 Å². The van der Waals surface area contributed by atoms with Gasteiger partial charge in [-0.1, -0.05) is 23.7 Å². The molecule has 0 aliphatic heterocycles. The molecule has 0 radical (unpaired) electrons. The first-order valence-corrected chi connectivity index (χ1v) is 6.97. The molecule has 1 amide bonds. The monoisotopic (exact) mass is 343 g/mol. The van der Waals surface area contributed by atoms with E-state index in [1.165, 1.54) is 25.3 Å². The number of amides is 1. The summed E-state index contributed by atoms with van der Waals surface area (Å²) in [7, 11) is 1.41. The Bertz CT molecular complexity index is 717. The second kappa shape index (κ2) is 6.91. The quantitative estimate of drug-likeness (QED) is 0.899. The zero-order chi connectivity index (χ0) is 17.0. The van der Waals surface area contributed by atoms with Gasteiger partial charge in [0.25, 0.3) is 5.91 Å². The molecule has 0 saturated heterocycles. The Balaban J connectivity index is 2.12. The largest absolute Gasteiger partial charge is 0.496 e. The van der Waals surface area contributed by atoms with Crippen LogP contribution in [0, 0.1) is 0 Å². The van der Waals surface area contributed by atoms with E-state index in [-0.39, 0.29) is 12.1 Å². The lowest BCUT2D eigenvalue weighted by molar-refractivity contribution is -0.137. The SMILES string of the molecule is COc1ccc(Cl)cc1C(=O)NCc1cccc(C(F)(F)F)c1. The molecule has 0 heterocycles. The van der Waals surface area contributed by atoms with E-state index in [4.69, 9.17) is 16.3 Å². The van der Waals surface area contributed by atoms with Gasteiger partial charge in [-0.3, -0.25) is 4.79 Å². The second-order valence-corrected chi connectivity index (χ2v) is 5.16. The molecule has 7 heteroatoms. The van der Waals surface area contributed by atoms with E-state index in [2.05, 4.69) is 5.32 Å². The lowest BCUT2D eigenvalue weighted by atomic mass is 10.1. The van der Waals surface area contributed by atoms with E-state index < -0.39 is 17.6 Å². The molecule has 23 heavy (non-hydrogen) atoms. The molecular formula is C16H13ClF3NO2. The summed E-state index contributed by atoms with van der Waals surface area (Å²) in [6.07, 6.45) is -4.42. The van der Waals surface area contributed by atoms with Crippen molar-refractivity contribution in [1.29, 1.82) is 0 Å². The van der Waals surface area contributed by atoms with Crippen molar-refractivity contribution in [2.75, 3.05) is 7.11 Å². The average molecular weight is 344 g/mol. The van der Waals surface area contributed by atoms with Crippen molar-refractivity contribution in [3.63, 3.8) is 0 Å². The highest BCUT2D eigenvalue weighted by atomic mass is 35.5. The number of ether oxygens (including phenoxy) is 1. The Labute approximate surface area is 136 Å². The third-order valence-corrected chi connectivity index (χ3v) is 3.35. The Morgan fingerprint density at radius 1 is 1.22 bits per heavy atom. The topological polar surface area (TPSA) is 38.3 Å². The first-order chi connectivity index (χ1) is 10.8. The maximum Gasteiger partial charge on any atom is 0.416 e. The van der Waals surface area contributed by atoms with E-state index in [0.717, 1.165) is 12.1 Å². The van der Waals surface area contributed by atoms with Crippen LogP contribution < -0.4 is 10.1 Å². The maximum absolute atomic E-state index is 12.7. The van der Waals surface area contributed by atoms with Crippen LogP contribution in [0.5, 0.6) is 5.75 Å². The summed E-state index contributed by atoms with van der Waals surface area (Å²) < 4.78 is 43.0. The minimum absolute atomic E-state index is 0.0432. The zero-order valence-electron chi connectivity index (χ0n) is 12.1. The van der Waals surface area contributed by atoms with Crippen molar-refractivity contribution < 1.29 is 22.7 Å². The average Bonchev–Trinajstić information content (AvgIpc) is 2.52. The Morgan fingerprint density at radius 2 is 1.96 bits per heavy atom. The predicted molar refractivity (Wildman–Crippen MR) is 80.6 cm³/mol. The number of methoxy groups -OCH3 is 1. The Hall–Kier alpha value is -2.21. The van der Waals surface area contributed by atoms with E-state index in [9.17, 15) is 18.0 Å². The number of hydrogen-bond acceptors (Lipinski definition) is 2. The fraction of sp³-hybridized carbons (Fsp3) is 0.188. The molecule has 0 fully saturated rings. The van der Waals surface area contributed by atoms with E-state index in [1.54, 1.807) is 12.1 Å². The van der Waals surface area contributed by atoms with Crippen LogP contribution in [0.1, 0.15) is 21.5 Å². The summed E-state index contributed by atoms with van der Waals surface area (Å²) in [4.78, 5) is 12.2. The third-order valence-electron chi connectivity index (χ3n) is 3.11. The van der Waals surface area contributed by atoms with Crippen LogP contribution in [0.25, 0.3) is 0 Å². The second-order valence-electron chi connectivity index (χ2n) is 4.73. The Morgan fingerprint density at radius 3 is 2.61 bits per heavy atom. The molecule has 2 rings (SSSR count). The predicted octanol–water partition coefficient (Wildman–Crippen LogP) is 4.30. The van der Waals surface area contributed by atoms with Crippen LogP contribution in [0.3, 0.4) is 0 Å². The van der Waals surface area contributed by atoms with Gasteiger partial charge >= 0.3 is 6.18 Å². The number of halogens is 4. The van der Waals surface area contributed by atoms with Crippen LogP contribution >= 0.6 is 11.6 Å². The van der Waals surface area contributed by atoms with Crippen LogP contribution in [-0.4, -0.2) is 13.0 Å². The molecule has 1 N–H and O–H groups in total. The fourth-order valence-electron chi connectivity index (χ4n) is 1.99. The highest BCUT2D eigenvalue weighted by Gasteiger charge is 2.30. The third kappa shape index (κ3) is 4.39. The van der Waals surface area contributed by atoms with Crippen LogP contribution in [0.15, 0.2) is 42.5 Å². The number of rotatable bonds is 4. The molecule has 2 aromatic carbocycles. The van der Waals surface area contributed by atoms with Gasteiger partial charge in [-0.25, -0.2) is 0 Å². The lowest BCUT2D eigenvalue weighted by Gasteiger charge is -2.11. The first kappa shape index (κ1) is 17.1. The molecule has 122 valence electrons. The fourth-order valence-corrected chi connectivity index (χ4v) is 2.16. The molecule has 0 aliphatic rings. The number of benzene rings is 2. The van der Waals surface area contributed by atoms with E-state index >= 15 is 0 Å². The summed E-state index contributed by atoms with van der Waals surface area (Å²) in [6.45, 7) is -0.0432. The molecule has 0 bridgehead atoms. The van der Waals surface area contributed by atoms with Crippen LogP contribution in [-0.2, 0) is 12.7 Å². The molecule has 0 unspecified atom stereocenters. The molecule has 0 aliphatic carbocycles. The van der Waals surface area contributed by atoms with Gasteiger partial charge < -0.3 is 10.1 Å². The first-order valence-electron chi connectivity index (χ1n) is 6.59. The molecular weight excluding hydrogens is 331 g/mol. The number of carbonyl (C=O) groups is 1. The lowest BCUT2D eigenvalue weighted by Crippen LogP contribution is -2.23. The van der Waals surface area contributed by atoms with Crippen molar-refractivity contribution in [3.05, 3.63) is 64.2 Å². The van der Waals surface area contributed by atoms with Crippen LogP contribution in [0.4, 0.5) is 13.2 Å². The standard InChI is InChI=1S/C16H13ClF3NO2/c1-23-14-6-5-12(17)8-13(14)15(22)21-9-10-3-2-4-11(7-10)16(18,19)20/h2-8H,9H2,1H3,(H,21,22). The highest BCUT2D eigenvalue weighted by molar-refractivity contribution is 6.31. The van der Waals surface area contributed by atoms with Crippen molar-refractivity contribution in [3.8, 4) is 5.75 Å². The Kier molecular flexibility index (Phi) is 5.15. The van der Waals surface area contributed by atoms with Gasteiger partial charge in [-0.2, -0.15) is 13.2 Å². The van der Waals surface area contributed by atoms with Crippen LogP contribution in [0.2, 0.25) is 5.02 Å². The van der Waals surface area contributed by atoms with Crippen molar-refractivity contribution in [1.82, 2.24) is 5.32 Å². The molecule has 0 atom stereocenters. The van der Waals surface area contributed by atoms with Gasteiger partial charge in [0.2, 0.25) is 0 Å². The van der Waals surface area contributed by atoms with Gasteiger partial charge in [0.05, 0.1) is 18.2 Å². The minimum Gasteiger partial charge on any atom is -0.496 e. The number of nitrogens with one attached hydrogen (secondary N) is 1. The van der Waals surface area contributed by atoms with Crippen molar-refractivity contribution in [2.45, 2.75) is 12.7 Å². The van der Waals surface area contributed by atoms with Crippen molar-refractivity contribution in [2.24, 2.45) is 0 Å². The zero-order valence-corrected chi connectivity index (χ0v) is 12.8.